The van der Waals surface area contributed by atoms with Gasteiger partial charge in [0.05, 0.1) is 0 Å². The second-order valence-electron chi connectivity index (χ2n) is 5.65. The van der Waals surface area contributed by atoms with Crippen molar-refractivity contribution in [3.05, 3.63) is 33.8 Å². The molecule has 6 heteroatoms. The third-order valence-corrected chi connectivity index (χ3v) is 4.74. The van der Waals surface area contributed by atoms with Gasteiger partial charge in [-0.3, -0.25) is 4.79 Å². The van der Waals surface area contributed by atoms with E-state index in [2.05, 4.69) is 21.2 Å². The fraction of sp³-hybridized carbons (Fsp3) is 0.500. The predicted molar refractivity (Wildman–Crippen MR) is 74.5 cm³/mol. The Labute approximate surface area is 124 Å². The van der Waals surface area contributed by atoms with E-state index in [-0.39, 0.29) is 5.41 Å². The van der Waals surface area contributed by atoms with E-state index in [9.17, 15) is 13.6 Å². The summed E-state index contributed by atoms with van der Waals surface area (Å²) in [5.41, 5.74) is -0.353. The number of nitrogens with one attached hydrogen (secondary N) is 1. The van der Waals surface area contributed by atoms with E-state index in [4.69, 9.17) is 0 Å². The van der Waals surface area contributed by atoms with Crippen molar-refractivity contribution >= 4 is 21.8 Å². The smallest absolute Gasteiger partial charge is 0.259 e. The molecule has 2 aliphatic heterocycles. The van der Waals surface area contributed by atoms with E-state index >= 15 is 0 Å². The molecule has 2 saturated heterocycles. The number of halogens is 3. The Balaban J connectivity index is 1.84. The minimum Gasteiger partial charge on any atom is -0.338 e. The maximum atomic E-state index is 13.9. The van der Waals surface area contributed by atoms with Gasteiger partial charge < -0.3 is 10.2 Å². The van der Waals surface area contributed by atoms with Gasteiger partial charge in [-0.1, -0.05) is 15.9 Å². The van der Waals surface area contributed by atoms with E-state index < -0.39 is 23.1 Å². The van der Waals surface area contributed by atoms with Crippen molar-refractivity contribution in [3.63, 3.8) is 0 Å². The predicted octanol–water partition coefficient (Wildman–Crippen LogP) is 2.55. The zero-order valence-electron chi connectivity index (χ0n) is 10.9. The third kappa shape index (κ3) is 2.35. The maximum absolute atomic E-state index is 13.9. The molecule has 0 aliphatic carbocycles. The van der Waals surface area contributed by atoms with E-state index in [0.717, 1.165) is 38.1 Å². The summed E-state index contributed by atoms with van der Waals surface area (Å²) in [6.45, 7) is 2.97. The summed E-state index contributed by atoms with van der Waals surface area (Å²) in [6.07, 6.45) is 1.91. The number of amides is 1. The van der Waals surface area contributed by atoms with Gasteiger partial charge in [-0.05, 0) is 31.5 Å². The number of carbonyl (C=O) groups is 1. The molecule has 1 aromatic rings. The van der Waals surface area contributed by atoms with Crippen LogP contribution < -0.4 is 5.32 Å². The summed E-state index contributed by atoms with van der Waals surface area (Å²) in [7, 11) is 0. The average molecular weight is 345 g/mol. The van der Waals surface area contributed by atoms with Crippen LogP contribution in [0.15, 0.2) is 16.6 Å². The van der Waals surface area contributed by atoms with Crippen LogP contribution in [0.2, 0.25) is 0 Å². The highest BCUT2D eigenvalue weighted by molar-refractivity contribution is 9.10. The van der Waals surface area contributed by atoms with Gasteiger partial charge in [0.25, 0.3) is 5.91 Å². The standard InChI is InChI=1S/C14H15BrF2N2O/c15-9-5-10(16)12(11(17)6-9)13(20)19-4-2-14(8-19)1-3-18-7-14/h5-6,18H,1-4,7-8H2. The van der Waals surface area contributed by atoms with Crippen molar-refractivity contribution in [1.82, 2.24) is 10.2 Å². The Morgan fingerprint density at radius 3 is 2.60 bits per heavy atom. The zero-order valence-corrected chi connectivity index (χ0v) is 12.5. The molecule has 0 aromatic heterocycles. The second-order valence-corrected chi connectivity index (χ2v) is 6.56. The Kier molecular flexibility index (Phi) is 3.54. The van der Waals surface area contributed by atoms with Crippen molar-refractivity contribution in [1.29, 1.82) is 0 Å². The van der Waals surface area contributed by atoms with Gasteiger partial charge in [0.15, 0.2) is 0 Å². The second kappa shape index (κ2) is 5.07. The first kappa shape index (κ1) is 13.9. The molecule has 2 fully saturated rings. The van der Waals surface area contributed by atoms with Crippen LogP contribution in [-0.4, -0.2) is 37.0 Å². The molecule has 2 heterocycles. The van der Waals surface area contributed by atoms with Gasteiger partial charge >= 0.3 is 0 Å². The molecular weight excluding hydrogens is 330 g/mol. The van der Waals surface area contributed by atoms with Crippen molar-refractivity contribution in [2.45, 2.75) is 12.8 Å². The van der Waals surface area contributed by atoms with Gasteiger partial charge in [0.2, 0.25) is 0 Å². The summed E-state index contributed by atoms with van der Waals surface area (Å²) in [5.74, 6) is -2.17. The zero-order chi connectivity index (χ0) is 14.3. The first-order chi connectivity index (χ1) is 9.51. The Morgan fingerprint density at radius 2 is 2.00 bits per heavy atom. The number of hydrogen-bond donors (Lipinski definition) is 1. The third-order valence-electron chi connectivity index (χ3n) is 4.28. The lowest BCUT2D eigenvalue weighted by atomic mass is 9.86. The molecule has 0 radical (unpaired) electrons. The fourth-order valence-electron chi connectivity index (χ4n) is 3.16. The largest absolute Gasteiger partial charge is 0.338 e. The molecule has 0 bridgehead atoms. The number of benzene rings is 1. The van der Waals surface area contributed by atoms with Crippen molar-refractivity contribution < 1.29 is 13.6 Å². The Bertz CT molecular complexity index is 535. The molecule has 0 saturated carbocycles. The van der Waals surface area contributed by atoms with Gasteiger partial charge in [0, 0.05) is 29.5 Å². The Morgan fingerprint density at radius 1 is 1.30 bits per heavy atom. The van der Waals surface area contributed by atoms with Crippen molar-refractivity contribution in [2.24, 2.45) is 5.41 Å². The molecule has 2 aliphatic rings. The molecule has 3 nitrogen and oxygen atoms in total. The SMILES string of the molecule is O=C(c1c(F)cc(Br)cc1F)N1CCC2(CCNC2)C1. The highest BCUT2D eigenvalue weighted by atomic mass is 79.9. The number of likely N-dealkylation sites (tertiary alicyclic amines) is 1. The minimum absolute atomic E-state index is 0.0952. The summed E-state index contributed by atoms with van der Waals surface area (Å²) in [5, 5.41) is 3.29. The van der Waals surface area contributed by atoms with Crippen LogP contribution in [0.5, 0.6) is 0 Å². The summed E-state index contributed by atoms with van der Waals surface area (Å²) in [4.78, 5) is 13.9. The monoisotopic (exact) mass is 344 g/mol. The highest BCUT2D eigenvalue weighted by Gasteiger charge is 2.42. The topological polar surface area (TPSA) is 32.3 Å². The molecule has 1 unspecified atom stereocenters. The molecule has 108 valence electrons. The number of nitrogens with zero attached hydrogens (tertiary/aromatic N) is 1. The number of carbonyl (C=O) groups excluding carboxylic acids is 1. The first-order valence-electron chi connectivity index (χ1n) is 6.65. The first-order valence-corrected chi connectivity index (χ1v) is 7.45. The lowest BCUT2D eigenvalue weighted by Gasteiger charge is -2.23. The molecule has 1 amide bonds. The fourth-order valence-corrected chi connectivity index (χ4v) is 3.56. The van der Waals surface area contributed by atoms with E-state index in [1.54, 1.807) is 4.90 Å². The molecule has 1 aromatic carbocycles. The van der Waals surface area contributed by atoms with E-state index in [1.807, 2.05) is 0 Å². The molecule has 20 heavy (non-hydrogen) atoms. The quantitative estimate of drug-likeness (QED) is 0.849. The molecule has 1 atom stereocenters. The van der Waals surface area contributed by atoms with Crippen LogP contribution in [0.1, 0.15) is 23.2 Å². The lowest BCUT2D eigenvalue weighted by molar-refractivity contribution is 0.0766. The van der Waals surface area contributed by atoms with E-state index in [0.29, 0.717) is 17.6 Å². The van der Waals surface area contributed by atoms with Crippen LogP contribution >= 0.6 is 15.9 Å². The highest BCUT2D eigenvalue weighted by Crippen LogP contribution is 2.37. The summed E-state index contributed by atoms with van der Waals surface area (Å²) >= 11 is 3.02. The molecule has 1 spiro atoms. The molecule has 3 rings (SSSR count). The van der Waals surface area contributed by atoms with Gasteiger partial charge in [-0.2, -0.15) is 0 Å². The van der Waals surface area contributed by atoms with E-state index in [1.165, 1.54) is 0 Å². The average Bonchev–Trinajstić information content (AvgIpc) is 2.99. The van der Waals surface area contributed by atoms with Gasteiger partial charge in [0.1, 0.15) is 17.2 Å². The summed E-state index contributed by atoms with van der Waals surface area (Å²) in [6, 6.07) is 2.25. The van der Waals surface area contributed by atoms with Crippen LogP contribution in [-0.2, 0) is 0 Å². The normalized spacial score (nSPS) is 25.6. The van der Waals surface area contributed by atoms with Gasteiger partial charge in [-0.25, -0.2) is 8.78 Å². The Hall–Kier alpha value is -1.01. The minimum atomic E-state index is -0.813. The van der Waals surface area contributed by atoms with Crippen LogP contribution in [0, 0.1) is 17.0 Å². The maximum Gasteiger partial charge on any atom is 0.259 e. The molecular formula is C14H15BrF2N2O. The van der Waals surface area contributed by atoms with Crippen LogP contribution in [0.4, 0.5) is 8.78 Å². The molecule has 1 N–H and O–H groups in total. The van der Waals surface area contributed by atoms with Gasteiger partial charge in [-0.15, -0.1) is 0 Å². The number of rotatable bonds is 1. The van der Waals surface area contributed by atoms with Crippen LogP contribution in [0.25, 0.3) is 0 Å². The summed E-state index contributed by atoms with van der Waals surface area (Å²) < 4.78 is 28.0. The van der Waals surface area contributed by atoms with Crippen molar-refractivity contribution in [3.8, 4) is 0 Å². The number of hydrogen-bond acceptors (Lipinski definition) is 2. The van der Waals surface area contributed by atoms with Crippen LogP contribution in [0.3, 0.4) is 0 Å². The van der Waals surface area contributed by atoms with Crippen molar-refractivity contribution in [2.75, 3.05) is 26.2 Å². The lowest BCUT2D eigenvalue weighted by Crippen LogP contribution is -2.34.